The summed E-state index contributed by atoms with van der Waals surface area (Å²) in [6.45, 7) is 3.82. The van der Waals surface area contributed by atoms with Crippen LogP contribution < -0.4 is 0 Å². The molecule has 0 saturated carbocycles. The Morgan fingerprint density at radius 2 is 1.93 bits per heavy atom. The largest absolute Gasteiger partial charge is 0.145 e. The van der Waals surface area contributed by atoms with Gasteiger partial charge in [-0.3, -0.25) is 0 Å². The third-order valence-corrected chi connectivity index (χ3v) is 2.64. The minimum absolute atomic E-state index is 0.870. The van der Waals surface area contributed by atoms with Crippen molar-refractivity contribution >= 4 is 21.5 Å². The predicted octanol–water partition coefficient (Wildman–Crippen LogP) is 4.52. The summed E-state index contributed by atoms with van der Waals surface area (Å²) < 4.78 is 1.04. The first-order valence-corrected chi connectivity index (χ1v) is 5.40. The molecule has 2 nitrogen and oxygen atoms in total. The molecule has 0 heterocycles. The van der Waals surface area contributed by atoms with E-state index in [-0.39, 0.29) is 0 Å². The topological polar surface area (TPSA) is 29.4 Å². The van der Waals surface area contributed by atoms with E-state index in [1.165, 1.54) is 6.20 Å². The van der Waals surface area contributed by atoms with Crippen molar-refractivity contribution in [3.8, 4) is 0 Å². The average molecular weight is 266 g/mol. The number of rotatable bonds is 3. The van der Waals surface area contributed by atoms with Gasteiger partial charge in [-0.1, -0.05) is 34.1 Å². The van der Waals surface area contributed by atoms with Crippen molar-refractivity contribution in [3.05, 3.63) is 57.1 Å². The van der Waals surface area contributed by atoms with Crippen molar-refractivity contribution in [3.63, 3.8) is 0 Å². The van der Waals surface area contributed by atoms with E-state index in [1.54, 1.807) is 0 Å². The van der Waals surface area contributed by atoms with Gasteiger partial charge in [-0.2, -0.15) is 0 Å². The first kappa shape index (κ1) is 11.9. The molecule has 0 unspecified atom stereocenters. The molecule has 0 aliphatic rings. The predicted molar refractivity (Wildman–Crippen MR) is 67.3 cm³/mol. The van der Waals surface area contributed by atoms with E-state index in [9.17, 15) is 4.91 Å². The van der Waals surface area contributed by atoms with Crippen LogP contribution in [0.4, 0.5) is 0 Å². The van der Waals surface area contributed by atoms with Crippen molar-refractivity contribution in [2.75, 3.05) is 0 Å². The maximum absolute atomic E-state index is 10.2. The Morgan fingerprint density at radius 3 is 2.40 bits per heavy atom. The zero-order chi connectivity index (χ0) is 11.3. The van der Waals surface area contributed by atoms with E-state index in [2.05, 4.69) is 21.1 Å². The second kappa shape index (κ2) is 5.61. The Kier molecular flexibility index (Phi) is 4.43. The van der Waals surface area contributed by atoms with Crippen molar-refractivity contribution in [2.45, 2.75) is 13.8 Å². The van der Waals surface area contributed by atoms with Crippen LogP contribution in [0, 0.1) is 4.91 Å². The molecule has 0 N–H and O–H groups in total. The lowest BCUT2D eigenvalue weighted by Crippen LogP contribution is -1.85. The Balaban J connectivity index is 3.09. The van der Waals surface area contributed by atoms with Gasteiger partial charge in [0.15, 0.2) is 0 Å². The quantitative estimate of drug-likeness (QED) is 0.584. The number of nitroso groups, excluding NO2 is 1. The molecule has 1 aromatic carbocycles. The highest BCUT2D eigenvalue weighted by Crippen LogP contribution is 2.24. The maximum Gasteiger partial charge on any atom is 0.0750 e. The molecule has 15 heavy (non-hydrogen) atoms. The van der Waals surface area contributed by atoms with E-state index in [0.717, 1.165) is 21.2 Å². The summed E-state index contributed by atoms with van der Waals surface area (Å²) in [6, 6.07) is 7.95. The third-order valence-electron chi connectivity index (χ3n) is 2.12. The SMILES string of the molecule is C/C=C(\C(C)=C/N=O)c1ccc(Br)cc1. The fourth-order valence-electron chi connectivity index (χ4n) is 1.40. The van der Waals surface area contributed by atoms with Crippen molar-refractivity contribution in [2.24, 2.45) is 5.18 Å². The van der Waals surface area contributed by atoms with Crippen molar-refractivity contribution in [1.82, 2.24) is 0 Å². The van der Waals surface area contributed by atoms with Crippen LogP contribution in [-0.2, 0) is 0 Å². The van der Waals surface area contributed by atoms with Gasteiger partial charge in [-0.05, 0) is 47.9 Å². The molecular formula is C12H12BrNO. The highest BCUT2D eigenvalue weighted by atomic mass is 79.9. The third kappa shape index (κ3) is 3.13. The highest BCUT2D eigenvalue weighted by molar-refractivity contribution is 9.10. The minimum atomic E-state index is 0.870. The normalized spacial score (nSPS) is 12.7. The van der Waals surface area contributed by atoms with Crippen LogP contribution in [-0.4, -0.2) is 0 Å². The Hall–Kier alpha value is -1.22. The summed E-state index contributed by atoms with van der Waals surface area (Å²) in [5, 5.41) is 2.79. The van der Waals surface area contributed by atoms with Gasteiger partial charge in [0.25, 0.3) is 0 Å². The summed E-state index contributed by atoms with van der Waals surface area (Å²) in [5.74, 6) is 0. The highest BCUT2D eigenvalue weighted by Gasteiger charge is 2.02. The van der Waals surface area contributed by atoms with E-state index >= 15 is 0 Å². The van der Waals surface area contributed by atoms with Crippen LogP contribution >= 0.6 is 15.9 Å². The Labute approximate surface area is 97.8 Å². The van der Waals surface area contributed by atoms with Gasteiger partial charge < -0.3 is 0 Å². The molecule has 0 fully saturated rings. The number of hydrogen-bond acceptors (Lipinski definition) is 2. The number of halogens is 1. The van der Waals surface area contributed by atoms with Gasteiger partial charge in [0.05, 0.1) is 6.20 Å². The van der Waals surface area contributed by atoms with E-state index in [4.69, 9.17) is 0 Å². The molecule has 0 saturated heterocycles. The van der Waals surface area contributed by atoms with Crippen molar-refractivity contribution < 1.29 is 0 Å². The lowest BCUT2D eigenvalue weighted by atomic mass is 10.00. The summed E-state index contributed by atoms with van der Waals surface area (Å²) in [7, 11) is 0. The van der Waals surface area contributed by atoms with Crippen molar-refractivity contribution in [1.29, 1.82) is 0 Å². The standard InChI is InChI=1S/C12H12BrNO/c1-3-12(9(2)8-14-15)10-4-6-11(13)7-5-10/h3-8H,1-2H3/b9-8-,12-3+. The van der Waals surface area contributed by atoms with Crippen LogP contribution in [0.2, 0.25) is 0 Å². The molecule has 1 rings (SSSR count). The van der Waals surface area contributed by atoms with Crippen LogP contribution in [0.15, 0.2) is 51.8 Å². The molecule has 0 bridgehead atoms. The molecule has 0 spiro atoms. The summed E-state index contributed by atoms with van der Waals surface area (Å²) in [6.07, 6.45) is 3.30. The fraction of sp³-hybridized carbons (Fsp3) is 0.167. The molecule has 0 aromatic heterocycles. The number of nitrogens with zero attached hydrogens (tertiary/aromatic N) is 1. The molecular weight excluding hydrogens is 254 g/mol. The molecule has 0 amide bonds. The summed E-state index contributed by atoms with van der Waals surface area (Å²) in [4.78, 5) is 10.2. The minimum Gasteiger partial charge on any atom is -0.145 e. The Bertz CT molecular complexity index is 404. The van der Waals surface area contributed by atoms with Crippen LogP contribution in [0.3, 0.4) is 0 Å². The van der Waals surface area contributed by atoms with Crippen LogP contribution in [0.5, 0.6) is 0 Å². The molecule has 0 radical (unpaired) electrons. The second-order valence-electron chi connectivity index (χ2n) is 3.13. The fourth-order valence-corrected chi connectivity index (χ4v) is 1.66. The van der Waals surface area contributed by atoms with Gasteiger partial charge in [0, 0.05) is 4.47 Å². The molecule has 0 aliphatic heterocycles. The number of benzene rings is 1. The average Bonchev–Trinajstić information content (AvgIpc) is 2.22. The summed E-state index contributed by atoms with van der Waals surface area (Å²) >= 11 is 3.38. The molecule has 78 valence electrons. The summed E-state index contributed by atoms with van der Waals surface area (Å²) in [5.41, 5.74) is 2.98. The second-order valence-corrected chi connectivity index (χ2v) is 4.04. The van der Waals surface area contributed by atoms with Gasteiger partial charge in [0.1, 0.15) is 0 Å². The maximum atomic E-state index is 10.2. The lowest BCUT2D eigenvalue weighted by Gasteiger charge is -2.06. The molecule has 3 heteroatoms. The van der Waals surface area contributed by atoms with E-state index < -0.39 is 0 Å². The van der Waals surface area contributed by atoms with E-state index in [1.807, 2.05) is 44.2 Å². The van der Waals surface area contributed by atoms with Crippen LogP contribution in [0.25, 0.3) is 5.57 Å². The number of allylic oxidation sites excluding steroid dienone is 3. The van der Waals surface area contributed by atoms with Gasteiger partial charge in [0.2, 0.25) is 0 Å². The number of hydrogen-bond donors (Lipinski definition) is 0. The Morgan fingerprint density at radius 1 is 1.33 bits per heavy atom. The lowest BCUT2D eigenvalue weighted by molar-refractivity contribution is 1.40. The van der Waals surface area contributed by atoms with Gasteiger partial charge in [-0.25, -0.2) is 0 Å². The van der Waals surface area contributed by atoms with Gasteiger partial charge >= 0.3 is 0 Å². The van der Waals surface area contributed by atoms with Gasteiger partial charge in [-0.15, -0.1) is 4.91 Å². The van der Waals surface area contributed by atoms with Crippen LogP contribution in [0.1, 0.15) is 19.4 Å². The smallest absolute Gasteiger partial charge is 0.0750 e. The first-order valence-electron chi connectivity index (χ1n) is 4.61. The zero-order valence-electron chi connectivity index (χ0n) is 8.70. The monoisotopic (exact) mass is 265 g/mol. The molecule has 0 aliphatic carbocycles. The molecule has 0 atom stereocenters. The van der Waals surface area contributed by atoms with E-state index in [0.29, 0.717) is 0 Å². The first-order chi connectivity index (χ1) is 7.19. The zero-order valence-corrected chi connectivity index (χ0v) is 10.3. The molecule has 1 aromatic rings.